The molecule has 0 aliphatic heterocycles. The highest BCUT2D eigenvalue weighted by molar-refractivity contribution is 4.50. The van der Waals surface area contributed by atoms with Gasteiger partial charge in [0.25, 0.3) is 0 Å². The van der Waals surface area contributed by atoms with Crippen molar-refractivity contribution in [3.63, 3.8) is 0 Å². The molecule has 3 heteroatoms. The van der Waals surface area contributed by atoms with E-state index in [1.54, 1.807) is 0 Å². The summed E-state index contributed by atoms with van der Waals surface area (Å²) in [6.07, 6.45) is 2.56. The fourth-order valence-electron chi connectivity index (χ4n) is 1.11. The van der Waals surface area contributed by atoms with Crippen LogP contribution in [0.3, 0.4) is 0 Å². The molecule has 0 unspecified atom stereocenters. The Hall–Kier alpha value is -0.120. The molecule has 0 bridgehead atoms. The van der Waals surface area contributed by atoms with Crippen LogP contribution in [0.4, 0.5) is 0 Å². The molecule has 0 fully saturated rings. The van der Waals surface area contributed by atoms with Crippen LogP contribution in [-0.4, -0.2) is 63.8 Å². The van der Waals surface area contributed by atoms with Gasteiger partial charge in [-0.3, -0.25) is 0 Å². The summed E-state index contributed by atoms with van der Waals surface area (Å²) in [5.41, 5.74) is 0. The van der Waals surface area contributed by atoms with E-state index < -0.39 is 0 Å². The fourth-order valence-corrected chi connectivity index (χ4v) is 1.11. The SMILES string of the molecule is CCCCN(C)CCOCCN(C)C. The highest BCUT2D eigenvalue weighted by atomic mass is 16.5. The Bertz CT molecular complexity index is 118. The van der Waals surface area contributed by atoms with Crippen molar-refractivity contribution >= 4 is 0 Å². The van der Waals surface area contributed by atoms with Gasteiger partial charge < -0.3 is 14.5 Å². The molecule has 0 rings (SSSR count). The molecule has 0 aromatic rings. The van der Waals surface area contributed by atoms with Crippen LogP contribution in [0, 0.1) is 0 Å². The van der Waals surface area contributed by atoms with Crippen LogP contribution in [0.5, 0.6) is 0 Å². The first kappa shape index (κ1) is 13.9. The first-order valence-corrected chi connectivity index (χ1v) is 5.57. The predicted octanol–water partition coefficient (Wildman–Crippen LogP) is 1.30. The third-order valence-electron chi connectivity index (χ3n) is 2.19. The first-order valence-electron chi connectivity index (χ1n) is 5.57. The van der Waals surface area contributed by atoms with E-state index in [1.165, 1.54) is 19.4 Å². The van der Waals surface area contributed by atoms with Gasteiger partial charge in [0.1, 0.15) is 0 Å². The van der Waals surface area contributed by atoms with Gasteiger partial charge in [-0.25, -0.2) is 0 Å². The molecule has 86 valence electrons. The Kier molecular flexibility index (Phi) is 9.35. The van der Waals surface area contributed by atoms with E-state index >= 15 is 0 Å². The zero-order chi connectivity index (χ0) is 10.8. The van der Waals surface area contributed by atoms with Gasteiger partial charge in [0.15, 0.2) is 0 Å². The van der Waals surface area contributed by atoms with Crippen LogP contribution >= 0.6 is 0 Å². The summed E-state index contributed by atoms with van der Waals surface area (Å²) < 4.78 is 5.51. The summed E-state index contributed by atoms with van der Waals surface area (Å²) in [5, 5.41) is 0. The second kappa shape index (κ2) is 9.44. The largest absolute Gasteiger partial charge is 0.379 e. The quantitative estimate of drug-likeness (QED) is 0.524. The lowest BCUT2D eigenvalue weighted by atomic mass is 10.3. The molecule has 0 N–H and O–H groups in total. The first-order chi connectivity index (χ1) is 6.66. The molecular formula is C11H26N2O. The minimum atomic E-state index is 0.842. The molecule has 0 saturated heterocycles. The zero-order valence-electron chi connectivity index (χ0n) is 10.3. The number of ether oxygens (including phenoxy) is 1. The van der Waals surface area contributed by atoms with Crippen molar-refractivity contribution in [1.29, 1.82) is 0 Å². The molecule has 0 aliphatic rings. The van der Waals surface area contributed by atoms with Crippen LogP contribution in [0.25, 0.3) is 0 Å². The van der Waals surface area contributed by atoms with Gasteiger partial charge >= 0.3 is 0 Å². The number of likely N-dealkylation sites (N-methyl/N-ethyl adjacent to an activating group) is 2. The number of rotatable bonds is 9. The van der Waals surface area contributed by atoms with Gasteiger partial charge in [0, 0.05) is 13.1 Å². The lowest BCUT2D eigenvalue weighted by Crippen LogP contribution is -2.26. The van der Waals surface area contributed by atoms with Crippen molar-refractivity contribution in [2.24, 2.45) is 0 Å². The number of unbranched alkanes of at least 4 members (excludes halogenated alkanes) is 1. The predicted molar refractivity (Wildman–Crippen MR) is 61.8 cm³/mol. The summed E-state index contributed by atoms with van der Waals surface area (Å²) in [4.78, 5) is 4.47. The highest BCUT2D eigenvalue weighted by Gasteiger charge is 1.97. The summed E-state index contributed by atoms with van der Waals surface area (Å²) in [6.45, 7) is 7.17. The lowest BCUT2D eigenvalue weighted by molar-refractivity contribution is 0.0985. The average Bonchev–Trinajstić information content (AvgIpc) is 2.13. The van der Waals surface area contributed by atoms with E-state index in [-0.39, 0.29) is 0 Å². The van der Waals surface area contributed by atoms with Crippen LogP contribution in [0.15, 0.2) is 0 Å². The normalized spacial score (nSPS) is 11.6. The second-order valence-corrected chi connectivity index (χ2v) is 4.07. The number of nitrogens with zero attached hydrogens (tertiary/aromatic N) is 2. The Morgan fingerprint density at radius 3 is 2.14 bits per heavy atom. The van der Waals surface area contributed by atoms with Crippen LogP contribution < -0.4 is 0 Å². The van der Waals surface area contributed by atoms with Crippen LogP contribution in [0.1, 0.15) is 19.8 Å². The number of hydrogen-bond donors (Lipinski definition) is 0. The van der Waals surface area contributed by atoms with Gasteiger partial charge in [-0.15, -0.1) is 0 Å². The second-order valence-electron chi connectivity index (χ2n) is 4.07. The standard InChI is InChI=1S/C11H26N2O/c1-5-6-7-13(4)9-11-14-10-8-12(2)3/h5-11H2,1-4H3. The molecule has 0 atom stereocenters. The molecule has 0 spiro atoms. The average molecular weight is 202 g/mol. The minimum absolute atomic E-state index is 0.842. The third-order valence-corrected chi connectivity index (χ3v) is 2.19. The lowest BCUT2D eigenvalue weighted by Gasteiger charge is -2.16. The summed E-state index contributed by atoms with van der Waals surface area (Å²) >= 11 is 0. The Morgan fingerprint density at radius 2 is 1.57 bits per heavy atom. The molecule has 3 nitrogen and oxygen atoms in total. The summed E-state index contributed by atoms with van der Waals surface area (Å²) in [5.74, 6) is 0. The van der Waals surface area contributed by atoms with E-state index in [2.05, 4.69) is 37.9 Å². The van der Waals surface area contributed by atoms with E-state index in [1.807, 2.05) is 0 Å². The van der Waals surface area contributed by atoms with Crippen molar-refractivity contribution < 1.29 is 4.74 Å². The summed E-state index contributed by atoms with van der Waals surface area (Å²) in [6, 6.07) is 0. The Labute approximate surface area is 89.0 Å². The van der Waals surface area contributed by atoms with Crippen molar-refractivity contribution in [3.8, 4) is 0 Å². The van der Waals surface area contributed by atoms with E-state index in [0.29, 0.717) is 0 Å². The smallest absolute Gasteiger partial charge is 0.0593 e. The molecule has 0 aromatic heterocycles. The maximum Gasteiger partial charge on any atom is 0.0593 e. The van der Waals surface area contributed by atoms with E-state index in [4.69, 9.17) is 4.74 Å². The molecule has 0 aromatic carbocycles. The van der Waals surface area contributed by atoms with Crippen molar-refractivity contribution in [1.82, 2.24) is 9.80 Å². The molecule has 14 heavy (non-hydrogen) atoms. The molecule has 0 heterocycles. The Balaban J connectivity index is 3.10. The van der Waals surface area contributed by atoms with Crippen LogP contribution in [-0.2, 0) is 4.74 Å². The molecule has 0 amide bonds. The molecule has 0 radical (unpaired) electrons. The third kappa shape index (κ3) is 9.96. The minimum Gasteiger partial charge on any atom is -0.379 e. The topological polar surface area (TPSA) is 15.7 Å². The zero-order valence-corrected chi connectivity index (χ0v) is 10.3. The van der Waals surface area contributed by atoms with Gasteiger partial charge in [-0.05, 0) is 34.1 Å². The monoisotopic (exact) mass is 202 g/mol. The van der Waals surface area contributed by atoms with Gasteiger partial charge in [0.05, 0.1) is 13.2 Å². The maximum atomic E-state index is 5.51. The van der Waals surface area contributed by atoms with Crippen molar-refractivity contribution in [3.05, 3.63) is 0 Å². The van der Waals surface area contributed by atoms with Gasteiger partial charge in [-0.2, -0.15) is 0 Å². The molecule has 0 aliphatic carbocycles. The van der Waals surface area contributed by atoms with Gasteiger partial charge in [0.2, 0.25) is 0 Å². The van der Waals surface area contributed by atoms with Crippen LogP contribution in [0.2, 0.25) is 0 Å². The Morgan fingerprint density at radius 1 is 0.929 bits per heavy atom. The van der Waals surface area contributed by atoms with Crippen molar-refractivity contribution in [2.45, 2.75) is 19.8 Å². The fraction of sp³-hybridized carbons (Fsp3) is 1.00. The van der Waals surface area contributed by atoms with Gasteiger partial charge in [-0.1, -0.05) is 13.3 Å². The number of hydrogen-bond acceptors (Lipinski definition) is 3. The maximum absolute atomic E-state index is 5.51. The van der Waals surface area contributed by atoms with E-state index in [9.17, 15) is 0 Å². The molecular weight excluding hydrogens is 176 g/mol. The van der Waals surface area contributed by atoms with Crippen molar-refractivity contribution in [2.75, 3.05) is 54.0 Å². The summed E-state index contributed by atoms with van der Waals surface area (Å²) in [7, 11) is 6.29. The molecule has 0 saturated carbocycles. The highest BCUT2D eigenvalue weighted by Crippen LogP contribution is 1.91. The van der Waals surface area contributed by atoms with E-state index in [0.717, 1.165) is 26.3 Å².